The molecule has 0 saturated carbocycles. The van der Waals surface area contributed by atoms with Gasteiger partial charge in [-0.2, -0.15) is 5.10 Å². The summed E-state index contributed by atoms with van der Waals surface area (Å²) in [6, 6.07) is 0. The van der Waals surface area contributed by atoms with Crippen LogP contribution in [0.25, 0.3) is 0 Å². The van der Waals surface area contributed by atoms with Crippen LogP contribution in [0.3, 0.4) is 0 Å². The van der Waals surface area contributed by atoms with Crippen LogP contribution in [0.4, 0.5) is 0 Å². The third-order valence-electron chi connectivity index (χ3n) is 2.58. The SMILES string of the molecule is Cn1ncc(Br)c1CCC(Cl)C(C)(C)C. The standard InChI is InChI=1S/C11H18BrClN2/c1-11(2,3)10(13)6-5-9-8(12)7-14-15(9)4/h7,10H,5-6H2,1-4H3. The second-order valence-electron chi connectivity index (χ2n) is 4.94. The minimum atomic E-state index is 0.159. The Bertz CT molecular complexity index is 308. The Morgan fingerprint density at radius 1 is 1.53 bits per heavy atom. The van der Waals surface area contributed by atoms with Crippen LogP contribution in [0.5, 0.6) is 0 Å². The first-order valence-electron chi connectivity index (χ1n) is 5.13. The largest absolute Gasteiger partial charge is 0.271 e. The molecule has 0 aromatic carbocycles. The van der Waals surface area contributed by atoms with E-state index >= 15 is 0 Å². The van der Waals surface area contributed by atoms with Crippen molar-refractivity contribution >= 4 is 27.5 Å². The molecule has 4 heteroatoms. The lowest BCUT2D eigenvalue weighted by Crippen LogP contribution is -2.21. The number of nitrogens with zero attached hydrogens (tertiary/aromatic N) is 2. The van der Waals surface area contributed by atoms with Crippen molar-refractivity contribution in [2.75, 3.05) is 0 Å². The summed E-state index contributed by atoms with van der Waals surface area (Å²) < 4.78 is 2.97. The lowest BCUT2D eigenvalue weighted by atomic mass is 9.89. The average molecular weight is 294 g/mol. The van der Waals surface area contributed by atoms with Crippen LogP contribution >= 0.6 is 27.5 Å². The van der Waals surface area contributed by atoms with Crippen molar-refractivity contribution < 1.29 is 0 Å². The monoisotopic (exact) mass is 292 g/mol. The number of alkyl halides is 1. The maximum atomic E-state index is 6.33. The minimum Gasteiger partial charge on any atom is -0.271 e. The van der Waals surface area contributed by atoms with Crippen molar-refractivity contribution in [3.8, 4) is 0 Å². The smallest absolute Gasteiger partial charge is 0.0635 e. The van der Waals surface area contributed by atoms with Gasteiger partial charge in [0.1, 0.15) is 0 Å². The fourth-order valence-electron chi connectivity index (χ4n) is 1.41. The van der Waals surface area contributed by atoms with E-state index in [0.29, 0.717) is 0 Å². The Hall–Kier alpha value is -0.0200. The molecule has 1 aromatic rings. The molecule has 0 fully saturated rings. The predicted molar refractivity (Wildman–Crippen MR) is 68.3 cm³/mol. The number of hydrogen-bond acceptors (Lipinski definition) is 1. The summed E-state index contributed by atoms with van der Waals surface area (Å²) in [7, 11) is 1.96. The van der Waals surface area contributed by atoms with Crippen molar-refractivity contribution in [1.82, 2.24) is 9.78 Å². The summed E-state index contributed by atoms with van der Waals surface area (Å²) in [5.41, 5.74) is 1.37. The van der Waals surface area contributed by atoms with E-state index in [9.17, 15) is 0 Å². The molecule has 1 heterocycles. The fourth-order valence-corrected chi connectivity index (χ4v) is 2.07. The fraction of sp³-hybridized carbons (Fsp3) is 0.727. The first-order valence-corrected chi connectivity index (χ1v) is 6.35. The van der Waals surface area contributed by atoms with Gasteiger partial charge in [-0.3, -0.25) is 4.68 Å². The van der Waals surface area contributed by atoms with E-state index < -0.39 is 0 Å². The van der Waals surface area contributed by atoms with Crippen LogP contribution in [0.2, 0.25) is 0 Å². The Morgan fingerprint density at radius 2 is 2.13 bits per heavy atom. The number of halogens is 2. The van der Waals surface area contributed by atoms with Gasteiger partial charge in [0.05, 0.1) is 16.4 Å². The lowest BCUT2D eigenvalue weighted by molar-refractivity contribution is 0.372. The number of rotatable bonds is 3. The molecule has 0 aliphatic heterocycles. The first kappa shape index (κ1) is 13.0. The summed E-state index contributed by atoms with van der Waals surface area (Å²) in [6.45, 7) is 6.51. The molecule has 0 N–H and O–H groups in total. The van der Waals surface area contributed by atoms with Crippen LogP contribution < -0.4 is 0 Å². The zero-order chi connectivity index (χ0) is 11.6. The second kappa shape index (κ2) is 4.88. The topological polar surface area (TPSA) is 17.8 Å². The van der Waals surface area contributed by atoms with E-state index in [1.165, 1.54) is 5.69 Å². The van der Waals surface area contributed by atoms with Gasteiger partial charge in [0.2, 0.25) is 0 Å². The van der Waals surface area contributed by atoms with Crippen LogP contribution in [-0.2, 0) is 13.5 Å². The molecule has 0 spiro atoms. The van der Waals surface area contributed by atoms with E-state index in [-0.39, 0.29) is 10.8 Å². The molecular formula is C11H18BrClN2. The zero-order valence-corrected chi connectivity index (χ0v) is 12.1. The third-order valence-corrected chi connectivity index (χ3v) is 4.12. The van der Waals surface area contributed by atoms with E-state index in [0.717, 1.165) is 17.3 Å². The predicted octanol–water partition coefficient (Wildman–Crippen LogP) is 3.77. The number of aryl methyl sites for hydroxylation is 1. The maximum absolute atomic E-state index is 6.33. The van der Waals surface area contributed by atoms with Crippen molar-refractivity contribution in [1.29, 1.82) is 0 Å². The normalized spacial score (nSPS) is 14.3. The molecule has 0 aliphatic rings. The second-order valence-corrected chi connectivity index (χ2v) is 6.32. The maximum Gasteiger partial charge on any atom is 0.0635 e. The highest BCUT2D eigenvalue weighted by molar-refractivity contribution is 9.10. The molecule has 0 amide bonds. The highest BCUT2D eigenvalue weighted by Crippen LogP contribution is 2.29. The van der Waals surface area contributed by atoms with E-state index in [4.69, 9.17) is 11.6 Å². The Kier molecular flexibility index (Phi) is 4.24. The van der Waals surface area contributed by atoms with Gasteiger partial charge in [0, 0.05) is 12.4 Å². The van der Waals surface area contributed by atoms with Gasteiger partial charge < -0.3 is 0 Å². The van der Waals surface area contributed by atoms with Crippen LogP contribution in [0.1, 0.15) is 32.9 Å². The quantitative estimate of drug-likeness (QED) is 0.776. The Balaban J connectivity index is 2.58. The van der Waals surface area contributed by atoms with E-state index in [1.807, 2.05) is 17.9 Å². The van der Waals surface area contributed by atoms with Crippen molar-refractivity contribution in [2.45, 2.75) is 39.0 Å². The molecule has 86 valence electrons. The molecular weight excluding hydrogens is 275 g/mol. The lowest BCUT2D eigenvalue weighted by Gasteiger charge is -2.25. The van der Waals surface area contributed by atoms with Gasteiger partial charge >= 0.3 is 0 Å². The summed E-state index contributed by atoms with van der Waals surface area (Å²) in [4.78, 5) is 0. The van der Waals surface area contributed by atoms with E-state index in [1.54, 1.807) is 0 Å². The molecule has 0 radical (unpaired) electrons. The molecule has 1 unspecified atom stereocenters. The molecule has 1 atom stereocenters. The highest BCUT2D eigenvalue weighted by atomic mass is 79.9. The number of hydrogen-bond donors (Lipinski definition) is 0. The molecule has 2 nitrogen and oxygen atoms in total. The third kappa shape index (κ3) is 3.49. The van der Waals surface area contributed by atoms with Gasteiger partial charge in [0.25, 0.3) is 0 Å². The van der Waals surface area contributed by atoms with Crippen LogP contribution in [-0.4, -0.2) is 15.2 Å². The van der Waals surface area contributed by atoms with Gasteiger partial charge in [-0.05, 0) is 34.2 Å². The van der Waals surface area contributed by atoms with Crippen molar-refractivity contribution in [3.05, 3.63) is 16.4 Å². The molecule has 0 aliphatic carbocycles. The molecule has 15 heavy (non-hydrogen) atoms. The summed E-state index contributed by atoms with van der Waals surface area (Å²) >= 11 is 9.82. The molecule has 1 rings (SSSR count). The Labute approximate surface area is 105 Å². The van der Waals surface area contributed by atoms with Gasteiger partial charge in [-0.25, -0.2) is 0 Å². The summed E-state index contributed by atoms with van der Waals surface area (Å²) in [5, 5.41) is 4.38. The van der Waals surface area contributed by atoms with Crippen molar-refractivity contribution in [3.63, 3.8) is 0 Å². The molecule has 0 bridgehead atoms. The van der Waals surface area contributed by atoms with Crippen molar-refractivity contribution in [2.24, 2.45) is 12.5 Å². The Morgan fingerprint density at radius 3 is 2.53 bits per heavy atom. The molecule has 1 aromatic heterocycles. The van der Waals surface area contributed by atoms with E-state index in [2.05, 4.69) is 41.8 Å². The zero-order valence-electron chi connectivity index (χ0n) is 9.72. The first-order chi connectivity index (χ1) is 6.82. The van der Waals surface area contributed by atoms with Gasteiger partial charge in [-0.1, -0.05) is 20.8 Å². The van der Waals surface area contributed by atoms with Crippen LogP contribution in [0.15, 0.2) is 10.7 Å². The summed E-state index contributed by atoms with van der Waals surface area (Å²) in [5.74, 6) is 0. The van der Waals surface area contributed by atoms with Crippen LogP contribution in [0, 0.1) is 5.41 Å². The van der Waals surface area contributed by atoms with Gasteiger partial charge in [0.15, 0.2) is 0 Å². The van der Waals surface area contributed by atoms with Gasteiger partial charge in [-0.15, -0.1) is 11.6 Å². The minimum absolute atomic E-state index is 0.159. The highest BCUT2D eigenvalue weighted by Gasteiger charge is 2.22. The average Bonchev–Trinajstić information content (AvgIpc) is 2.41. The number of aromatic nitrogens is 2. The summed E-state index contributed by atoms with van der Waals surface area (Å²) in [6.07, 6.45) is 3.77. The molecule has 0 saturated heterocycles.